The van der Waals surface area contributed by atoms with Crippen LogP contribution in [0, 0.1) is 0 Å². The maximum absolute atomic E-state index is 10.8. The number of rotatable bonds is 7. The van der Waals surface area contributed by atoms with Crippen LogP contribution in [0.5, 0.6) is 11.5 Å². The molecule has 25 heavy (non-hydrogen) atoms. The summed E-state index contributed by atoms with van der Waals surface area (Å²) in [6, 6.07) is 5.77. The molecule has 3 rings (SSSR count). The van der Waals surface area contributed by atoms with Gasteiger partial charge in [0.2, 0.25) is 0 Å². The van der Waals surface area contributed by atoms with Gasteiger partial charge in [-0.2, -0.15) is 0 Å². The van der Waals surface area contributed by atoms with Gasteiger partial charge in [0.05, 0.1) is 25.6 Å². The maximum atomic E-state index is 10.8. The molecule has 7 nitrogen and oxygen atoms in total. The third-order valence-corrected chi connectivity index (χ3v) is 4.20. The second kappa shape index (κ2) is 7.83. The molecule has 0 unspecified atom stereocenters. The Kier molecular flexibility index (Phi) is 5.33. The molecule has 1 saturated carbocycles. The lowest BCUT2D eigenvalue weighted by Gasteiger charge is -2.19. The average molecular weight is 343 g/mol. The minimum absolute atomic E-state index is 0.0859. The zero-order valence-corrected chi connectivity index (χ0v) is 14.1. The van der Waals surface area contributed by atoms with Gasteiger partial charge < -0.3 is 19.9 Å². The number of aromatic nitrogens is 2. The van der Waals surface area contributed by atoms with Crippen LogP contribution in [0.2, 0.25) is 0 Å². The number of benzene rings is 1. The lowest BCUT2D eigenvalue weighted by Crippen LogP contribution is -2.14. The number of nitrogens with one attached hydrogen (secondary N) is 1. The summed E-state index contributed by atoms with van der Waals surface area (Å²) in [5, 5.41) is 12.0. The van der Waals surface area contributed by atoms with Crippen LogP contribution >= 0.6 is 0 Å². The Hall–Kier alpha value is -2.83. The molecule has 2 aromatic rings. The highest BCUT2D eigenvalue weighted by Crippen LogP contribution is 2.35. The number of anilines is 1. The van der Waals surface area contributed by atoms with Crippen LogP contribution in [0.25, 0.3) is 0 Å². The van der Waals surface area contributed by atoms with E-state index in [4.69, 9.17) is 14.6 Å². The number of carboxylic acid groups (broad SMARTS) is 1. The van der Waals surface area contributed by atoms with E-state index < -0.39 is 5.97 Å². The number of carbonyl (C=O) groups is 1. The first-order chi connectivity index (χ1) is 12.2. The van der Waals surface area contributed by atoms with Crippen LogP contribution in [0.4, 0.5) is 5.82 Å². The molecule has 0 bridgehead atoms. The average Bonchev–Trinajstić information content (AvgIpc) is 3.14. The Bertz CT molecular complexity index is 728. The van der Waals surface area contributed by atoms with Crippen LogP contribution < -0.4 is 14.8 Å². The molecule has 0 atom stereocenters. The van der Waals surface area contributed by atoms with E-state index in [0.29, 0.717) is 18.1 Å². The standard InChI is InChI=1S/C18H21N3O4/c1-24-15-8-4-5-12(17(15)25-13-6-2-3-7-13)9-20-16-11-19-14(10-21-16)18(22)23/h4-5,8,10-11,13H,2-3,6-7,9H2,1H3,(H,20,21)(H,22,23). The normalized spacial score (nSPS) is 14.3. The topological polar surface area (TPSA) is 93.6 Å². The summed E-state index contributed by atoms with van der Waals surface area (Å²) in [5.41, 5.74) is 0.868. The fourth-order valence-corrected chi connectivity index (χ4v) is 2.88. The van der Waals surface area contributed by atoms with Gasteiger partial charge >= 0.3 is 5.97 Å². The summed E-state index contributed by atoms with van der Waals surface area (Å²) < 4.78 is 11.6. The van der Waals surface area contributed by atoms with Gasteiger partial charge in [0.15, 0.2) is 17.2 Å². The lowest BCUT2D eigenvalue weighted by atomic mass is 10.1. The molecule has 132 valence electrons. The smallest absolute Gasteiger partial charge is 0.356 e. The number of hydrogen-bond donors (Lipinski definition) is 2. The predicted molar refractivity (Wildman–Crippen MR) is 92.2 cm³/mol. The number of methoxy groups -OCH3 is 1. The molecule has 0 amide bonds. The largest absolute Gasteiger partial charge is 0.493 e. The number of nitrogens with zero attached hydrogens (tertiary/aromatic N) is 2. The van der Waals surface area contributed by atoms with Crippen molar-refractivity contribution in [2.45, 2.75) is 38.3 Å². The first-order valence-corrected chi connectivity index (χ1v) is 8.29. The summed E-state index contributed by atoms with van der Waals surface area (Å²) in [4.78, 5) is 18.7. The first-order valence-electron chi connectivity index (χ1n) is 8.29. The van der Waals surface area contributed by atoms with Crippen LogP contribution in [-0.4, -0.2) is 34.3 Å². The fourth-order valence-electron chi connectivity index (χ4n) is 2.88. The fraction of sp³-hybridized carbons (Fsp3) is 0.389. The van der Waals surface area contributed by atoms with E-state index in [1.165, 1.54) is 25.2 Å². The molecule has 1 heterocycles. The number of hydrogen-bond acceptors (Lipinski definition) is 6. The first kappa shape index (κ1) is 17.0. The molecule has 1 aliphatic carbocycles. The van der Waals surface area contributed by atoms with Gasteiger partial charge in [0.25, 0.3) is 0 Å². The summed E-state index contributed by atoms with van der Waals surface area (Å²) in [6.45, 7) is 0.473. The molecule has 0 aliphatic heterocycles. The summed E-state index contributed by atoms with van der Waals surface area (Å²) in [5.74, 6) is 0.858. The van der Waals surface area contributed by atoms with E-state index >= 15 is 0 Å². The number of ether oxygens (including phenoxy) is 2. The van der Waals surface area contributed by atoms with E-state index in [9.17, 15) is 4.79 Å². The Morgan fingerprint density at radius 2 is 2.08 bits per heavy atom. The van der Waals surface area contributed by atoms with Crippen molar-refractivity contribution in [3.8, 4) is 11.5 Å². The molecule has 1 fully saturated rings. The summed E-state index contributed by atoms with van der Waals surface area (Å²) in [6.07, 6.45) is 7.37. The second-order valence-electron chi connectivity index (χ2n) is 5.92. The molecular weight excluding hydrogens is 322 g/mol. The van der Waals surface area contributed by atoms with Crippen LogP contribution in [-0.2, 0) is 6.54 Å². The van der Waals surface area contributed by atoms with Gasteiger partial charge in [-0.1, -0.05) is 12.1 Å². The van der Waals surface area contributed by atoms with Crippen molar-refractivity contribution >= 4 is 11.8 Å². The van der Waals surface area contributed by atoms with E-state index in [0.717, 1.165) is 24.2 Å². The van der Waals surface area contributed by atoms with E-state index in [1.807, 2.05) is 18.2 Å². The van der Waals surface area contributed by atoms with Crippen LogP contribution in [0.15, 0.2) is 30.6 Å². The lowest BCUT2D eigenvalue weighted by molar-refractivity contribution is 0.0690. The van der Waals surface area contributed by atoms with Crippen molar-refractivity contribution in [1.82, 2.24) is 9.97 Å². The molecule has 7 heteroatoms. The minimum Gasteiger partial charge on any atom is -0.493 e. The monoisotopic (exact) mass is 343 g/mol. The van der Waals surface area contributed by atoms with Gasteiger partial charge in [0, 0.05) is 12.1 Å². The van der Waals surface area contributed by atoms with Gasteiger partial charge in [-0.15, -0.1) is 0 Å². The zero-order chi connectivity index (χ0) is 17.6. The maximum Gasteiger partial charge on any atom is 0.356 e. The molecule has 1 aliphatic rings. The third-order valence-electron chi connectivity index (χ3n) is 4.20. The predicted octanol–water partition coefficient (Wildman–Crippen LogP) is 3.12. The highest BCUT2D eigenvalue weighted by molar-refractivity contribution is 5.84. The van der Waals surface area contributed by atoms with E-state index in [2.05, 4.69) is 15.3 Å². The molecule has 0 spiro atoms. The quantitative estimate of drug-likeness (QED) is 0.797. The van der Waals surface area contributed by atoms with Crippen molar-refractivity contribution in [3.63, 3.8) is 0 Å². The minimum atomic E-state index is -1.10. The van der Waals surface area contributed by atoms with Crippen molar-refractivity contribution in [3.05, 3.63) is 41.9 Å². The Labute approximate surface area is 146 Å². The Balaban J connectivity index is 1.73. The molecule has 1 aromatic heterocycles. The van der Waals surface area contributed by atoms with Crippen molar-refractivity contribution in [2.75, 3.05) is 12.4 Å². The highest BCUT2D eigenvalue weighted by Gasteiger charge is 2.20. The summed E-state index contributed by atoms with van der Waals surface area (Å²) in [7, 11) is 1.63. The summed E-state index contributed by atoms with van der Waals surface area (Å²) >= 11 is 0. The van der Waals surface area contributed by atoms with Crippen molar-refractivity contribution < 1.29 is 19.4 Å². The van der Waals surface area contributed by atoms with Crippen LogP contribution in [0.1, 0.15) is 41.7 Å². The van der Waals surface area contributed by atoms with Gasteiger partial charge in [-0.05, 0) is 31.7 Å². The molecule has 0 radical (unpaired) electrons. The van der Waals surface area contributed by atoms with Gasteiger partial charge in [0.1, 0.15) is 5.82 Å². The third kappa shape index (κ3) is 4.17. The number of carboxylic acids is 1. The van der Waals surface area contributed by atoms with Crippen molar-refractivity contribution in [2.24, 2.45) is 0 Å². The molecule has 1 aromatic carbocycles. The van der Waals surface area contributed by atoms with Crippen molar-refractivity contribution in [1.29, 1.82) is 0 Å². The van der Waals surface area contributed by atoms with Gasteiger partial charge in [-0.3, -0.25) is 0 Å². The van der Waals surface area contributed by atoms with Gasteiger partial charge in [-0.25, -0.2) is 14.8 Å². The Morgan fingerprint density at radius 1 is 1.28 bits per heavy atom. The number of para-hydroxylation sites is 1. The Morgan fingerprint density at radius 3 is 2.72 bits per heavy atom. The highest BCUT2D eigenvalue weighted by atomic mass is 16.5. The molecular formula is C18H21N3O4. The zero-order valence-electron chi connectivity index (χ0n) is 14.1. The van der Waals surface area contributed by atoms with Crippen LogP contribution in [0.3, 0.4) is 0 Å². The number of aromatic carboxylic acids is 1. The molecule has 2 N–H and O–H groups in total. The SMILES string of the molecule is COc1cccc(CNc2cnc(C(=O)O)cn2)c1OC1CCCC1. The van der Waals surface area contributed by atoms with E-state index in [-0.39, 0.29) is 11.8 Å². The molecule has 0 saturated heterocycles. The van der Waals surface area contributed by atoms with E-state index in [1.54, 1.807) is 7.11 Å². The second-order valence-corrected chi connectivity index (χ2v) is 5.92.